The van der Waals surface area contributed by atoms with Gasteiger partial charge in [0.1, 0.15) is 11.5 Å². The molecule has 2 aromatic rings. The Labute approximate surface area is 144 Å². The van der Waals surface area contributed by atoms with Crippen LogP contribution in [0.4, 0.5) is 0 Å². The van der Waals surface area contributed by atoms with Gasteiger partial charge >= 0.3 is 0 Å². The summed E-state index contributed by atoms with van der Waals surface area (Å²) in [6, 6.07) is 7.41. The van der Waals surface area contributed by atoms with Gasteiger partial charge in [0.2, 0.25) is 0 Å². The summed E-state index contributed by atoms with van der Waals surface area (Å²) in [7, 11) is 0. The van der Waals surface area contributed by atoms with Crippen molar-refractivity contribution in [1.29, 1.82) is 0 Å². The molecule has 1 amide bonds. The Balaban J connectivity index is 1.69. The van der Waals surface area contributed by atoms with Crippen LogP contribution in [0.5, 0.6) is 0 Å². The van der Waals surface area contributed by atoms with E-state index in [1.165, 1.54) is 19.3 Å². The zero-order valence-corrected chi connectivity index (χ0v) is 14.8. The standard InChI is InChI=1S/C17H21BrN2O3/c1-12-5-6-14(22-12)13(20-9-3-2-4-10-20)11-19-17(21)15-7-8-16(18)23-15/h5-8,13H,2-4,9-11H2,1H3,(H,19,21)/t13-/m1/s1. The molecule has 0 saturated carbocycles. The molecule has 0 aliphatic carbocycles. The van der Waals surface area contributed by atoms with Crippen LogP contribution in [0.25, 0.3) is 0 Å². The van der Waals surface area contributed by atoms with E-state index in [4.69, 9.17) is 8.83 Å². The molecule has 1 N–H and O–H groups in total. The topological polar surface area (TPSA) is 58.6 Å². The molecule has 0 aromatic carbocycles. The number of carbonyl (C=O) groups is 1. The van der Waals surface area contributed by atoms with Gasteiger partial charge in [-0.2, -0.15) is 0 Å². The van der Waals surface area contributed by atoms with Crippen LogP contribution < -0.4 is 5.32 Å². The average molecular weight is 381 g/mol. The number of likely N-dealkylation sites (tertiary alicyclic amines) is 1. The predicted octanol–water partition coefficient (Wildman–Crippen LogP) is 3.90. The number of aryl methyl sites for hydroxylation is 1. The van der Waals surface area contributed by atoms with Crippen molar-refractivity contribution in [2.45, 2.75) is 32.2 Å². The Morgan fingerprint density at radius 3 is 2.61 bits per heavy atom. The lowest BCUT2D eigenvalue weighted by molar-refractivity contribution is 0.0885. The molecule has 3 heterocycles. The lowest BCUT2D eigenvalue weighted by Crippen LogP contribution is -2.40. The third kappa shape index (κ3) is 4.06. The highest BCUT2D eigenvalue weighted by atomic mass is 79.9. The molecule has 0 bridgehead atoms. The van der Waals surface area contributed by atoms with Crippen LogP contribution >= 0.6 is 15.9 Å². The summed E-state index contributed by atoms with van der Waals surface area (Å²) in [6.07, 6.45) is 3.65. The minimum atomic E-state index is -0.207. The van der Waals surface area contributed by atoms with Crippen molar-refractivity contribution in [3.05, 3.63) is 46.2 Å². The number of halogens is 1. The number of hydrogen-bond acceptors (Lipinski definition) is 4. The van der Waals surface area contributed by atoms with Gasteiger partial charge in [-0.3, -0.25) is 9.69 Å². The molecule has 1 aliphatic heterocycles. The van der Waals surface area contributed by atoms with Crippen molar-refractivity contribution in [3.8, 4) is 0 Å². The van der Waals surface area contributed by atoms with Gasteiger partial charge in [0, 0.05) is 6.54 Å². The summed E-state index contributed by atoms with van der Waals surface area (Å²) in [5, 5.41) is 2.96. The Morgan fingerprint density at radius 1 is 1.22 bits per heavy atom. The number of carbonyl (C=O) groups excluding carboxylic acids is 1. The number of nitrogens with one attached hydrogen (secondary N) is 1. The van der Waals surface area contributed by atoms with Crippen molar-refractivity contribution in [2.24, 2.45) is 0 Å². The van der Waals surface area contributed by atoms with Gasteiger partial charge in [-0.25, -0.2) is 0 Å². The molecule has 1 saturated heterocycles. The maximum Gasteiger partial charge on any atom is 0.287 e. The van der Waals surface area contributed by atoms with E-state index in [0.29, 0.717) is 17.0 Å². The first kappa shape index (κ1) is 16.3. The van der Waals surface area contributed by atoms with Gasteiger partial charge in [-0.05, 0) is 73.1 Å². The fourth-order valence-electron chi connectivity index (χ4n) is 2.99. The van der Waals surface area contributed by atoms with Gasteiger partial charge in [-0.15, -0.1) is 0 Å². The zero-order valence-electron chi connectivity index (χ0n) is 13.2. The lowest BCUT2D eigenvalue weighted by atomic mass is 10.1. The maximum atomic E-state index is 12.2. The first-order chi connectivity index (χ1) is 11.1. The van der Waals surface area contributed by atoms with E-state index in [-0.39, 0.29) is 11.9 Å². The molecule has 2 aromatic heterocycles. The van der Waals surface area contributed by atoms with Gasteiger partial charge < -0.3 is 14.2 Å². The molecule has 124 valence electrons. The molecule has 23 heavy (non-hydrogen) atoms. The second-order valence-corrected chi connectivity index (χ2v) is 6.66. The highest BCUT2D eigenvalue weighted by Gasteiger charge is 2.25. The fraction of sp³-hybridized carbons (Fsp3) is 0.471. The normalized spacial score (nSPS) is 17.1. The van der Waals surface area contributed by atoms with E-state index in [1.54, 1.807) is 12.1 Å². The number of piperidine rings is 1. The van der Waals surface area contributed by atoms with Gasteiger partial charge in [-0.1, -0.05) is 6.42 Å². The minimum absolute atomic E-state index is 0.0614. The quantitative estimate of drug-likeness (QED) is 0.854. The largest absolute Gasteiger partial charge is 0.465 e. The Bertz CT molecular complexity index is 658. The summed E-state index contributed by atoms with van der Waals surface area (Å²) >= 11 is 3.21. The monoisotopic (exact) mass is 380 g/mol. The average Bonchev–Trinajstić information content (AvgIpc) is 3.17. The Kier molecular flexibility index (Phi) is 5.23. The van der Waals surface area contributed by atoms with Crippen molar-refractivity contribution in [1.82, 2.24) is 10.2 Å². The van der Waals surface area contributed by atoms with E-state index in [2.05, 4.69) is 26.1 Å². The van der Waals surface area contributed by atoms with E-state index < -0.39 is 0 Å². The molecule has 3 rings (SSSR count). The number of rotatable bonds is 5. The molecular formula is C17H21BrN2O3. The first-order valence-electron chi connectivity index (χ1n) is 7.97. The van der Waals surface area contributed by atoms with Crippen molar-refractivity contribution in [3.63, 3.8) is 0 Å². The highest BCUT2D eigenvalue weighted by molar-refractivity contribution is 9.10. The number of furan rings is 2. The Morgan fingerprint density at radius 2 is 2.00 bits per heavy atom. The molecule has 1 fully saturated rings. The number of amides is 1. The number of hydrogen-bond donors (Lipinski definition) is 1. The molecule has 0 unspecified atom stereocenters. The van der Waals surface area contributed by atoms with Crippen molar-refractivity contribution in [2.75, 3.05) is 19.6 Å². The Hall–Kier alpha value is -1.53. The smallest absolute Gasteiger partial charge is 0.287 e. The van der Waals surface area contributed by atoms with Crippen LogP contribution in [0.2, 0.25) is 0 Å². The fourth-order valence-corrected chi connectivity index (χ4v) is 3.29. The zero-order chi connectivity index (χ0) is 16.2. The summed E-state index contributed by atoms with van der Waals surface area (Å²) in [6.45, 7) is 4.51. The third-order valence-corrected chi connectivity index (χ3v) is 4.60. The van der Waals surface area contributed by atoms with E-state index in [0.717, 1.165) is 24.6 Å². The highest BCUT2D eigenvalue weighted by Crippen LogP contribution is 2.26. The van der Waals surface area contributed by atoms with Gasteiger partial charge in [0.25, 0.3) is 5.91 Å². The molecule has 5 nitrogen and oxygen atoms in total. The molecule has 1 aliphatic rings. The molecule has 0 radical (unpaired) electrons. The maximum absolute atomic E-state index is 12.2. The van der Waals surface area contributed by atoms with E-state index >= 15 is 0 Å². The lowest BCUT2D eigenvalue weighted by Gasteiger charge is -2.33. The second-order valence-electron chi connectivity index (χ2n) is 5.87. The minimum Gasteiger partial charge on any atom is -0.465 e. The third-order valence-electron chi connectivity index (χ3n) is 4.17. The summed E-state index contributed by atoms with van der Waals surface area (Å²) < 4.78 is 11.7. The molecular weight excluding hydrogens is 360 g/mol. The van der Waals surface area contributed by atoms with Crippen LogP contribution in [-0.2, 0) is 0 Å². The van der Waals surface area contributed by atoms with Crippen molar-refractivity contribution < 1.29 is 13.6 Å². The van der Waals surface area contributed by atoms with Crippen LogP contribution in [0, 0.1) is 6.92 Å². The predicted molar refractivity (Wildman–Crippen MR) is 90.4 cm³/mol. The summed E-state index contributed by atoms with van der Waals surface area (Å²) in [5.74, 6) is 1.90. The van der Waals surface area contributed by atoms with Gasteiger partial charge in [0.15, 0.2) is 10.4 Å². The number of nitrogens with zero attached hydrogens (tertiary/aromatic N) is 1. The molecule has 6 heteroatoms. The van der Waals surface area contributed by atoms with E-state index in [1.807, 2.05) is 19.1 Å². The SMILES string of the molecule is Cc1ccc([C@@H](CNC(=O)c2ccc(Br)o2)N2CCCCC2)o1. The second kappa shape index (κ2) is 7.36. The van der Waals surface area contributed by atoms with Crippen LogP contribution in [0.1, 0.15) is 47.4 Å². The summed E-state index contributed by atoms with van der Waals surface area (Å²) in [4.78, 5) is 14.6. The molecule has 1 atom stereocenters. The van der Waals surface area contributed by atoms with Crippen LogP contribution in [-0.4, -0.2) is 30.4 Å². The van der Waals surface area contributed by atoms with Crippen LogP contribution in [0.3, 0.4) is 0 Å². The van der Waals surface area contributed by atoms with Crippen LogP contribution in [0.15, 0.2) is 37.8 Å². The van der Waals surface area contributed by atoms with Gasteiger partial charge in [0.05, 0.1) is 6.04 Å². The van der Waals surface area contributed by atoms with E-state index in [9.17, 15) is 4.79 Å². The van der Waals surface area contributed by atoms with Crippen molar-refractivity contribution >= 4 is 21.8 Å². The molecule has 0 spiro atoms. The summed E-state index contributed by atoms with van der Waals surface area (Å²) in [5.41, 5.74) is 0. The first-order valence-corrected chi connectivity index (χ1v) is 8.77.